The molecule has 27 heavy (non-hydrogen) atoms. The van der Waals surface area contributed by atoms with Crippen molar-refractivity contribution in [2.24, 2.45) is 10.9 Å². The van der Waals surface area contributed by atoms with Gasteiger partial charge in [-0.2, -0.15) is 0 Å². The minimum atomic E-state index is 0.713. The van der Waals surface area contributed by atoms with Crippen molar-refractivity contribution in [3.05, 3.63) is 29.8 Å². The Bertz CT molecular complexity index is 594. The first-order chi connectivity index (χ1) is 13.2. The van der Waals surface area contributed by atoms with Gasteiger partial charge in [-0.15, -0.1) is 0 Å². The molecule has 3 rings (SSSR count). The molecule has 2 heterocycles. The summed E-state index contributed by atoms with van der Waals surface area (Å²) in [6.45, 7) is 10.6. The lowest BCUT2D eigenvalue weighted by atomic mass is 10.00. The highest BCUT2D eigenvalue weighted by atomic mass is 16.5. The number of rotatable bonds is 6. The van der Waals surface area contributed by atoms with Crippen LogP contribution < -0.4 is 10.1 Å². The second kappa shape index (κ2) is 10.5. The highest BCUT2D eigenvalue weighted by molar-refractivity contribution is 5.79. The molecule has 0 unspecified atom stereocenters. The molecule has 0 bridgehead atoms. The lowest BCUT2D eigenvalue weighted by Crippen LogP contribution is -2.45. The maximum absolute atomic E-state index is 5.96. The lowest BCUT2D eigenvalue weighted by Gasteiger charge is -2.33. The van der Waals surface area contributed by atoms with Crippen LogP contribution in [0.5, 0.6) is 5.75 Å². The number of benzene rings is 1. The Morgan fingerprint density at radius 2 is 2.00 bits per heavy atom. The molecule has 0 spiro atoms. The molecule has 6 heteroatoms. The largest absolute Gasteiger partial charge is 0.492 e. The van der Waals surface area contributed by atoms with Crippen molar-refractivity contribution in [1.82, 2.24) is 15.1 Å². The van der Waals surface area contributed by atoms with Gasteiger partial charge in [0.2, 0.25) is 0 Å². The monoisotopic (exact) mass is 374 g/mol. The first kappa shape index (κ1) is 20.0. The van der Waals surface area contributed by atoms with Crippen LogP contribution in [0.1, 0.15) is 25.3 Å². The molecule has 150 valence electrons. The summed E-state index contributed by atoms with van der Waals surface area (Å²) in [6, 6.07) is 8.35. The van der Waals surface area contributed by atoms with Crippen LogP contribution in [0, 0.1) is 5.92 Å². The molecule has 1 N–H and O–H groups in total. The molecule has 1 aromatic carbocycles. The van der Waals surface area contributed by atoms with Crippen LogP contribution in [0.2, 0.25) is 0 Å². The molecule has 6 nitrogen and oxygen atoms in total. The van der Waals surface area contributed by atoms with Crippen molar-refractivity contribution in [3.8, 4) is 5.75 Å². The van der Waals surface area contributed by atoms with Gasteiger partial charge in [0.25, 0.3) is 0 Å². The second-order valence-electron chi connectivity index (χ2n) is 7.52. The van der Waals surface area contributed by atoms with Crippen LogP contribution in [0.15, 0.2) is 29.3 Å². The van der Waals surface area contributed by atoms with E-state index in [0.717, 1.165) is 70.1 Å². The average Bonchev–Trinajstić information content (AvgIpc) is 2.71. The van der Waals surface area contributed by atoms with Crippen molar-refractivity contribution in [2.75, 3.05) is 59.6 Å². The number of aliphatic imine (C=N–C) groups is 1. The summed E-state index contributed by atoms with van der Waals surface area (Å²) in [5.41, 5.74) is 1.21. The second-order valence-corrected chi connectivity index (χ2v) is 7.52. The van der Waals surface area contributed by atoms with Gasteiger partial charge in [0.1, 0.15) is 12.4 Å². The summed E-state index contributed by atoms with van der Waals surface area (Å²) < 4.78 is 11.3. The number of nitrogens with one attached hydrogen (secondary N) is 1. The van der Waals surface area contributed by atoms with Gasteiger partial charge in [0, 0.05) is 46.3 Å². The third-order valence-electron chi connectivity index (χ3n) is 5.42. The van der Waals surface area contributed by atoms with Gasteiger partial charge in [-0.25, -0.2) is 0 Å². The summed E-state index contributed by atoms with van der Waals surface area (Å²) >= 11 is 0. The van der Waals surface area contributed by atoms with Gasteiger partial charge >= 0.3 is 0 Å². The van der Waals surface area contributed by atoms with Gasteiger partial charge in [-0.1, -0.05) is 19.1 Å². The van der Waals surface area contributed by atoms with E-state index in [9.17, 15) is 0 Å². The molecular formula is C21H34N4O2. The maximum atomic E-state index is 5.96. The Hall–Kier alpha value is -1.79. The minimum absolute atomic E-state index is 0.713. The summed E-state index contributed by atoms with van der Waals surface area (Å²) in [6.07, 6.45) is 2.49. The van der Waals surface area contributed by atoms with E-state index >= 15 is 0 Å². The Morgan fingerprint density at radius 1 is 1.22 bits per heavy atom. The van der Waals surface area contributed by atoms with Gasteiger partial charge in [-0.3, -0.25) is 9.89 Å². The zero-order valence-corrected chi connectivity index (χ0v) is 16.8. The standard InChI is InChI=1S/C21H34N4O2/c1-18-6-8-25(9-7-18)21(22-2)23-17-19-4-3-5-20(16-19)27-15-12-24-10-13-26-14-11-24/h3-5,16,18H,6-15,17H2,1-2H3,(H,22,23). The average molecular weight is 375 g/mol. The normalized spacial score (nSPS) is 19.9. The Labute approximate surface area is 163 Å². The van der Waals surface area contributed by atoms with E-state index in [0.29, 0.717) is 6.61 Å². The van der Waals surface area contributed by atoms with Crippen molar-refractivity contribution in [3.63, 3.8) is 0 Å². The molecule has 2 saturated heterocycles. The minimum Gasteiger partial charge on any atom is -0.492 e. The predicted octanol–water partition coefficient (Wildman–Crippen LogP) is 2.20. The number of guanidine groups is 1. The van der Waals surface area contributed by atoms with Gasteiger partial charge in [-0.05, 0) is 36.5 Å². The number of piperidine rings is 1. The topological polar surface area (TPSA) is 49.3 Å². The van der Waals surface area contributed by atoms with Crippen LogP contribution in [0.4, 0.5) is 0 Å². The number of likely N-dealkylation sites (tertiary alicyclic amines) is 1. The first-order valence-corrected chi connectivity index (χ1v) is 10.2. The lowest BCUT2D eigenvalue weighted by molar-refractivity contribution is 0.0322. The number of nitrogens with zero attached hydrogens (tertiary/aromatic N) is 3. The van der Waals surface area contributed by atoms with Gasteiger partial charge < -0.3 is 19.7 Å². The van der Waals surface area contributed by atoms with Crippen LogP contribution in [-0.2, 0) is 11.3 Å². The zero-order valence-electron chi connectivity index (χ0n) is 16.8. The van der Waals surface area contributed by atoms with Crippen molar-refractivity contribution < 1.29 is 9.47 Å². The number of hydrogen-bond acceptors (Lipinski definition) is 4. The quantitative estimate of drug-likeness (QED) is 0.611. The van der Waals surface area contributed by atoms with Gasteiger partial charge in [0.05, 0.1) is 13.2 Å². The fraction of sp³-hybridized carbons (Fsp3) is 0.667. The van der Waals surface area contributed by atoms with E-state index in [2.05, 4.69) is 45.2 Å². The molecule has 1 aromatic rings. The highest BCUT2D eigenvalue weighted by Gasteiger charge is 2.18. The van der Waals surface area contributed by atoms with Crippen molar-refractivity contribution in [1.29, 1.82) is 0 Å². The molecule has 2 aliphatic heterocycles. The van der Waals surface area contributed by atoms with E-state index < -0.39 is 0 Å². The Balaban J connectivity index is 1.44. The van der Waals surface area contributed by atoms with E-state index in [4.69, 9.17) is 9.47 Å². The van der Waals surface area contributed by atoms with E-state index in [1.165, 1.54) is 18.4 Å². The van der Waals surface area contributed by atoms with Crippen LogP contribution in [-0.4, -0.2) is 75.4 Å². The summed E-state index contributed by atoms with van der Waals surface area (Å²) in [5.74, 6) is 2.76. The van der Waals surface area contributed by atoms with Crippen LogP contribution in [0.25, 0.3) is 0 Å². The van der Waals surface area contributed by atoms with E-state index in [1.807, 2.05) is 13.1 Å². The number of hydrogen-bond donors (Lipinski definition) is 1. The van der Waals surface area contributed by atoms with Crippen LogP contribution >= 0.6 is 0 Å². The smallest absolute Gasteiger partial charge is 0.193 e. The highest BCUT2D eigenvalue weighted by Crippen LogP contribution is 2.17. The molecule has 0 aromatic heterocycles. The van der Waals surface area contributed by atoms with Crippen LogP contribution in [0.3, 0.4) is 0 Å². The predicted molar refractivity (Wildman–Crippen MR) is 109 cm³/mol. The summed E-state index contributed by atoms with van der Waals surface area (Å²) in [4.78, 5) is 9.21. The zero-order chi connectivity index (χ0) is 18.9. The number of ether oxygens (including phenoxy) is 2. The van der Waals surface area contributed by atoms with E-state index in [1.54, 1.807) is 0 Å². The Kier molecular flexibility index (Phi) is 7.78. The summed E-state index contributed by atoms with van der Waals surface area (Å²) in [7, 11) is 1.87. The van der Waals surface area contributed by atoms with Crippen molar-refractivity contribution >= 4 is 5.96 Å². The SMILES string of the molecule is CN=C(NCc1cccc(OCCN2CCOCC2)c1)N1CCC(C)CC1. The molecule has 0 atom stereocenters. The summed E-state index contributed by atoms with van der Waals surface area (Å²) in [5, 5.41) is 3.50. The molecule has 0 radical (unpaired) electrons. The molecule has 2 aliphatic rings. The maximum Gasteiger partial charge on any atom is 0.193 e. The van der Waals surface area contributed by atoms with E-state index in [-0.39, 0.29) is 0 Å². The van der Waals surface area contributed by atoms with Gasteiger partial charge in [0.15, 0.2) is 5.96 Å². The fourth-order valence-corrected chi connectivity index (χ4v) is 3.60. The third kappa shape index (κ3) is 6.40. The molecule has 0 aliphatic carbocycles. The molecular weight excluding hydrogens is 340 g/mol. The molecule has 2 fully saturated rings. The molecule has 0 amide bonds. The Morgan fingerprint density at radius 3 is 2.74 bits per heavy atom. The first-order valence-electron chi connectivity index (χ1n) is 10.2. The van der Waals surface area contributed by atoms with Crippen molar-refractivity contribution in [2.45, 2.75) is 26.3 Å². The molecule has 0 saturated carbocycles. The fourth-order valence-electron chi connectivity index (χ4n) is 3.60. The third-order valence-corrected chi connectivity index (χ3v) is 5.42. The number of morpholine rings is 1.